The van der Waals surface area contributed by atoms with Gasteiger partial charge in [0.05, 0.1) is 17.2 Å². The first-order chi connectivity index (χ1) is 16.3. The minimum atomic E-state index is -1.01. The molecule has 7 heteroatoms. The van der Waals surface area contributed by atoms with Crippen molar-refractivity contribution in [2.45, 2.75) is 85.0 Å². The van der Waals surface area contributed by atoms with Crippen LogP contribution < -0.4 is 0 Å². The van der Waals surface area contributed by atoms with Gasteiger partial charge in [-0.1, -0.05) is 26.5 Å². The zero-order chi connectivity index (χ0) is 26.6. The number of rotatable bonds is 4. The SMILES string of the molecule is C=C/C=C1/N=C(C(=O)N2CCc3sccc3C2C)C=C(C2CC2)N1C.CC.CC(C)(O)C(C)(C)O. The lowest BCUT2D eigenvalue weighted by molar-refractivity contribution is -0.126. The lowest BCUT2D eigenvalue weighted by atomic mass is 9.90. The third-order valence-corrected chi connectivity index (χ3v) is 7.76. The van der Waals surface area contributed by atoms with Gasteiger partial charge in [-0.2, -0.15) is 0 Å². The number of fused-ring (bicyclic) bond motifs is 1. The Morgan fingerprint density at radius 3 is 2.31 bits per heavy atom. The van der Waals surface area contributed by atoms with Crippen molar-refractivity contribution in [2.24, 2.45) is 10.9 Å². The monoisotopic (exact) mass is 501 g/mol. The van der Waals surface area contributed by atoms with Crippen LogP contribution in [0, 0.1) is 5.92 Å². The van der Waals surface area contributed by atoms with Gasteiger partial charge in [-0.25, -0.2) is 4.99 Å². The predicted octanol–water partition coefficient (Wildman–Crippen LogP) is 5.46. The van der Waals surface area contributed by atoms with E-state index in [0.717, 1.165) is 18.8 Å². The van der Waals surface area contributed by atoms with E-state index in [2.05, 4.69) is 34.8 Å². The fourth-order valence-electron chi connectivity index (χ4n) is 3.67. The molecule has 2 aliphatic heterocycles. The minimum absolute atomic E-state index is 0.0329. The largest absolute Gasteiger partial charge is 0.387 e. The molecule has 1 saturated carbocycles. The molecule has 1 atom stereocenters. The van der Waals surface area contributed by atoms with Crippen LogP contribution in [-0.4, -0.2) is 56.4 Å². The fraction of sp³-hybridized carbons (Fsp3) is 0.571. The highest BCUT2D eigenvalue weighted by Crippen LogP contribution is 2.41. The highest BCUT2D eigenvalue weighted by atomic mass is 32.1. The third-order valence-electron chi connectivity index (χ3n) is 6.77. The summed E-state index contributed by atoms with van der Waals surface area (Å²) < 4.78 is 0. The van der Waals surface area contributed by atoms with Crippen LogP contribution in [0.3, 0.4) is 0 Å². The smallest absolute Gasteiger partial charge is 0.273 e. The number of carbonyl (C=O) groups is 1. The Labute approximate surface area is 215 Å². The van der Waals surface area contributed by atoms with Crippen molar-refractivity contribution in [1.82, 2.24) is 9.80 Å². The highest BCUT2D eigenvalue weighted by molar-refractivity contribution is 7.10. The lowest BCUT2D eigenvalue weighted by Crippen LogP contribution is -2.44. The first-order valence-corrected chi connectivity index (χ1v) is 13.4. The van der Waals surface area contributed by atoms with Gasteiger partial charge in [0.15, 0.2) is 0 Å². The van der Waals surface area contributed by atoms with E-state index in [1.165, 1.54) is 29.0 Å². The summed E-state index contributed by atoms with van der Waals surface area (Å²) in [5, 5.41) is 20.3. The second kappa shape index (κ2) is 11.7. The molecule has 194 valence electrons. The molecule has 1 aromatic heterocycles. The molecule has 0 saturated heterocycles. The number of aliphatic imine (C=N–C) groups is 1. The molecule has 4 rings (SSSR count). The summed E-state index contributed by atoms with van der Waals surface area (Å²) in [5.74, 6) is 1.38. The Hall–Kier alpha value is -2.22. The van der Waals surface area contributed by atoms with Crippen molar-refractivity contribution >= 4 is 23.0 Å². The normalized spacial score (nSPS) is 21.1. The Morgan fingerprint density at radius 1 is 1.20 bits per heavy atom. The maximum atomic E-state index is 13.2. The Bertz CT molecular complexity index is 976. The molecule has 3 aliphatic rings. The van der Waals surface area contributed by atoms with E-state index in [0.29, 0.717) is 11.6 Å². The summed E-state index contributed by atoms with van der Waals surface area (Å²) in [6.07, 6.45) is 8.92. The van der Waals surface area contributed by atoms with Crippen molar-refractivity contribution in [3.63, 3.8) is 0 Å². The van der Waals surface area contributed by atoms with E-state index < -0.39 is 11.2 Å². The average Bonchev–Trinajstić information content (AvgIpc) is 3.51. The number of hydrogen-bond acceptors (Lipinski definition) is 6. The standard InChI is InChI=1S/C20H23N3OS.C6H14O2.C2H6/c1-4-5-19-21-16(12-17(22(19)3)14-6-7-14)20(24)23-10-8-18-15(13(23)2)9-11-25-18;1-5(2,7)6(3,4)8;1-2/h4-5,9,11-14H,1,6-8,10H2,2-3H3;7-8H,1-4H3;1-2H3/b19-5-;;. The number of amides is 1. The third kappa shape index (κ3) is 6.93. The van der Waals surface area contributed by atoms with E-state index in [1.54, 1.807) is 45.1 Å². The van der Waals surface area contributed by atoms with Gasteiger partial charge >= 0.3 is 0 Å². The molecule has 1 unspecified atom stereocenters. The molecular weight excluding hydrogens is 458 g/mol. The molecule has 1 fully saturated rings. The van der Waals surface area contributed by atoms with E-state index >= 15 is 0 Å². The van der Waals surface area contributed by atoms with Gasteiger partial charge in [0.2, 0.25) is 0 Å². The molecule has 3 heterocycles. The second-order valence-corrected chi connectivity index (χ2v) is 11.0. The van der Waals surface area contributed by atoms with Gasteiger partial charge in [0.1, 0.15) is 11.5 Å². The molecule has 1 aliphatic carbocycles. The van der Waals surface area contributed by atoms with Crippen molar-refractivity contribution in [3.05, 3.63) is 58.2 Å². The van der Waals surface area contributed by atoms with Gasteiger partial charge in [0.25, 0.3) is 5.91 Å². The Kier molecular flexibility index (Phi) is 9.68. The molecule has 2 N–H and O–H groups in total. The summed E-state index contributed by atoms with van der Waals surface area (Å²) in [5.41, 5.74) is 1.03. The molecule has 0 aromatic carbocycles. The van der Waals surface area contributed by atoms with Crippen LogP contribution in [0.1, 0.15) is 77.8 Å². The van der Waals surface area contributed by atoms with Crippen LogP contribution in [0.2, 0.25) is 0 Å². The van der Waals surface area contributed by atoms with E-state index in [-0.39, 0.29) is 11.9 Å². The van der Waals surface area contributed by atoms with Crippen LogP contribution in [0.4, 0.5) is 0 Å². The van der Waals surface area contributed by atoms with Gasteiger partial charge in [-0.15, -0.1) is 11.3 Å². The zero-order valence-electron chi connectivity index (χ0n) is 22.6. The van der Waals surface area contributed by atoms with E-state index in [1.807, 2.05) is 37.9 Å². The van der Waals surface area contributed by atoms with Crippen LogP contribution in [0.15, 0.2) is 52.8 Å². The van der Waals surface area contributed by atoms with Crippen LogP contribution in [-0.2, 0) is 11.2 Å². The first-order valence-electron chi connectivity index (χ1n) is 12.5. The molecular formula is C28H43N3O3S. The molecule has 1 aromatic rings. The highest BCUT2D eigenvalue weighted by Gasteiger charge is 2.36. The minimum Gasteiger partial charge on any atom is -0.387 e. The van der Waals surface area contributed by atoms with Gasteiger partial charge < -0.3 is 20.0 Å². The average molecular weight is 502 g/mol. The van der Waals surface area contributed by atoms with Gasteiger partial charge in [-0.3, -0.25) is 4.79 Å². The number of nitrogens with zero attached hydrogens (tertiary/aromatic N) is 3. The summed E-state index contributed by atoms with van der Waals surface area (Å²) >= 11 is 1.79. The molecule has 35 heavy (non-hydrogen) atoms. The predicted molar refractivity (Wildman–Crippen MR) is 146 cm³/mol. The molecule has 0 bridgehead atoms. The van der Waals surface area contributed by atoms with Crippen LogP contribution in [0.5, 0.6) is 0 Å². The quantitative estimate of drug-likeness (QED) is 0.575. The molecule has 0 spiro atoms. The van der Waals surface area contributed by atoms with Crippen molar-refractivity contribution in [1.29, 1.82) is 0 Å². The molecule has 6 nitrogen and oxygen atoms in total. The Balaban J connectivity index is 0.000000371. The summed E-state index contributed by atoms with van der Waals surface area (Å²) in [6.45, 7) is 17.0. The van der Waals surface area contributed by atoms with Crippen molar-refractivity contribution in [3.8, 4) is 0 Å². The summed E-state index contributed by atoms with van der Waals surface area (Å²) in [4.78, 5) is 23.3. The van der Waals surface area contributed by atoms with Crippen LogP contribution >= 0.6 is 11.3 Å². The van der Waals surface area contributed by atoms with E-state index in [4.69, 9.17) is 10.2 Å². The molecule has 0 radical (unpaired) electrons. The maximum Gasteiger partial charge on any atom is 0.273 e. The Morgan fingerprint density at radius 2 is 1.80 bits per heavy atom. The lowest BCUT2D eigenvalue weighted by Gasteiger charge is -2.35. The number of hydrogen-bond donors (Lipinski definition) is 2. The van der Waals surface area contributed by atoms with Gasteiger partial charge in [-0.05, 0) is 89.0 Å². The fourth-order valence-corrected chi connectivity index (χ4v) is 4.63. The number of allylic oxidation sites excluding steroid dienone is 3. The zero-order valence-corrected chi connectivity index (χ0v) is 23.4. The number of aliphatic hydroxyl groups is 2. The van der Waals surface area contributed by atoms with Gasteiger partial charge in [0, 0.05) is 24.2 Å². The number of thiophene rings is 1. The second-order valence-electron chi connectivity index (χ2n) is 10.0. The van der Waals surface area contributed by atoms with Crippen molar-refractivity contribution in [2.75, 3.05) is 13.6 Å². The van der Waals surface area contributed by atoms with Crippen molar-refractivity contribution < 1.29 is 15.0 Å². The summed E-state index contributed by atoms with van der Waals surface area (Å²) in [7, 11) is 2.02. The van der Waals surface area contributed by atoms with Crippen LogP contribution in [0.25, 0.3) is 0 Å². The topological polar surface area (TPSA) is 76.4 Å². The number of carbonyl (C=O) groups excluding carboxylic acids is 1. The molecule has 1 amide bonds. The summed E-state index contributed by atoms with van der Waals surface area (Å²) in [6, 6.07) is 2.25. The maximum absolute atomic E-state index is 13.2. The van der Waals surface area contributed by atoms with E-state index in [9.17, 15) is 4.79 Å². The first kappa shape index (κ1) is 29.0.